The summed E-state index contributed by atoms with van der Waals surface area (Å²) in [5.41, 5.74) is 4.03. The molecule has 1 fully saturated rings. The second-order valence-corrected chi connectivity index (χ2v) is 8.45. The summed E-state index contributed by atoms with van der Waals surface area (Å²) in [4.78, 5) is 31.4. The summed E-state index contributed by atoms with van der Waals surface area (Å²) in [5, 5.41) is 2.75. The van der Waals surface area contributed by atoms with Crippen LogP contribution in [0.15, 0.2) is 84.9 Å². The predicted octanol–water partition coefficient (Wildman–Crippen LogP) is 3.62. The van der Waals surface area contributed by atoms with Crippen molar-refractivity contribution in [3.63, 3.8) is 0 Å². The normalized spacial score (nSPS) is 14.2. The van der Waals surface area contributed by atoms with Crippen molar-refractivity contribution in [1.29, 1.82) is 0 Å². The van der Waals surface area contributed by atoms with E-state index in [1.807, 2.05) is 49.3 Å². The molecule has 0 unspecified atom stereocenters. The fourth-order valence-electron chi connectivity index (χ4n) is 4.26. The second-order valence-electron chi connectivity index (χ2n) is 8.45. The van der Waals surface area contributed by atoms with Crippen LogP contribution in [0.2, 0.25) is 0 Å². The highest BCUT2D eigenvalue weighted by Gasteiger charge is 2.30. The monoisotopic (exact) mass is 442 g/mol. The molecular formula is C27H30N4O2. The van der Waals surface area contributed by atoms with Crippen molar-refractivity contribution in [3.05, 3.63) is 96.1 Å². The quantitative estimate of drug-likeness (QED) is 0.613. The molecule has 3 aromatic rings. The number of carbonyl (C=O) groups excluding carboxylic acids is 2. The molecule has 1 heterocycles. The Morgan fingerprint density at radius 1 is 0.788 bits per heavy atom. The Morgan fingerprint density at radius 2 is 1.36 bits per heavy atom. The summed E-state index contributed by atoms with van der Waals surface area (Å²) >= 11 is 0. The van der Waals surface area contributed by atoms with Gasteiger partial charge in [-0.05, 0) is 29.3 Å². The van der Waals surface area contributed by atoms with E-state index in [1.54, 1.807) is 11.0 Å². The molecule has 1 N–H and O–H groups in total. The lowest BCUT2D eigenvalue weighted by atomic mass is 9.96. The molecule has 2 amide bonds. The van der Waals surface area contributed by atoms with Gasteiger partial charge in [0.1, 0.15) is 0 Å². The number of amides is 2. The summed E-state index contributed by atoms with van der Waals surface area (Å²) in [7, 11) is 3.87. The number of rotatable bonds is 5. The summed E-state index contributed by atoms with van der Waals surface area (Å²) < 4.78 is 0. The zero-order valence-electron chi connectivity index (χ0n) is 19.1. The lowest BCUT2D eigenvalue weighted by molar-refractivity contribution is -0.144. The standard InChI is InChI=1S/C27H30N4O2/c1-29(2)24-15-9-14-23(20-24)28-26(32)27(33)31-18-16-30(17-19-31)25(21-10-5-3-6-11-21)22-12-7-4-8-13-22/h3-15,20,25H,16-19H2,1-2H3,(H,28,32). The molecule has 1 aliphatic rings. The Balaban J connectivity index is 1.41. The Kier molecular flexibility index (Phi) is 7.05. The zero-order valence-corrected chi connectivity index (χ0v) is 19.1. The number of anilines is 2. The van der Waals surface area contributed by atoms with Gasteiger partial charge in [0, 0.05) is 51.6 Å². The number of hydrogen-bond acceptors (Lipinski definition) is 4. The maximum absolute atomic E-state index is 12.8. The molecule has 0 aliphatic carbocycles. The van der Waals surface area contributed by atoms with Gasteiger partial charge in [0.05, 0.1) is 6.04 Å². The smallest absolute Gasteiger partial charge is 0.313 e. The van der Waals surface area contributed by atoms with Crippen LogP contribution in [0, 0.1) is 0 Å². The van der Waals surface area contributed by atoms with Crippen molar-refractivity contribution in [2.75, 3.05) is 50.5 Å². The van der Waals surface area contributed by atoms with Crippen LogP contribution in [0.4, 0.5) is 11.4 Å². The molecule has 0 aromatic heterocycles. The number of nitrogens with zero attached hydrogens (tertiary/aromatic N) is 3. The van der Waals surface area contributed by atoms with Gasteiger partial charge in [-0.15, -0.1) is 0 Å². The van der Waals surface area contributed by atoms with E-state index >= 15 is 0 Å². The Morgan fingerprint density at radius 3 is 1.91 bits per heavy atom. The van der Waals surface area contributed by atoms with Gasteiger partial charge in [0.2, 0.25) is 0 Å². The first kappa shape index (κ1) is 22.6. The maximum Gasteiger partial charge on any atom is 0.313 e. The first-order valence-electron chi connectivity index (χ1n) is 11.2. The van der Waals surface area contributed by atoms with E-state index in [4.69, 9.17) is 0 Å². The zero-order chi connectivity index (χ0) is 23.2. The van der Waals surface area contributed by atoms with E-state index in [9.17, 15) is 9.59 Å². The second kappa shape index (κ2) is 10.3. The molecule has 6 heteroatoms. The number of hydrogen-bond donors (Lipinski definition) is 1. The van der Waals surface area contributed by atoms with Crippen molar-refractivity contribution in [3.8, 4) is 0 Å². The predicted molar refractivity (Wildman–Crippen MR) is 132 cm³/mol. The van der Waals surface area contributed by atoms with Crippen LogP contribution in [0.5, 0.6) is 0 Å². The van der Waals surface area contributed by atoms with Crippen LogP contribution < -0.4 is 10.2 Å². The number of piperazine rings is 1. The van der Waals surface area contributed by atoms with Crippen LogP contribution in [0.3, 0.4) is 0 Å². The highest BCUT2D eigenvalue weighted by atomic mass is 16.2. The van der Waals surface area contributed by atoms with Gasteiger partial charge in [-0.25, -0.2) is 0 Å². The minimum absolute atomic E-state index is 0.118. The number of benzene rings is 3. The van der Waals surface area contributed by atoms with Gasteiger partial charge >= 0.3 is 11.8 Å². The molecule has 0 radical (unpaired) electrons. The van der Waals surface area contributed by atoms with Crippen molar-refractivity contribution in [2.45, 2.75) is 6.04 Å². The van der Waals surface area contributed by atoms with Crippen LogP contribution >= 0.6 is 0 Å². The van der Waals surface area contributed by atoms with E-state index in [0.717, 1.165) is 5.69 Å². The van der Waals surface area contributed by atoms with Crippen molar-refractivity contribution in [1.82, 2.24) is 9.80 Å². The topological polar surface area (TPSA) is 55.9 Å². The van der Waals surface area contributed by atoms with Crippen LogP contribution in [-0.2, 0) is 9.59 Å². The van der Waals surface area contributed by atoms with Gasteiger partial charge in [0.15, 0.2) is 0 Å². The minimum atomic E-state index is -0.595. The average Bonchev–Trinajstić information content (AvgIpc) is 2.85. The molecule has 1 saturated heterocycles. The van der Waals surface area contributed by atoms with Crippen LogP contribution in [-0.4, -0.2) is 61.9 Å². The molecular weight excluding hydrogens is 412 g/mol. The summed E-state index contributed by atoms with van der Waals surface area (Å²) in [6.07, 6.45) is 0. The highest BCUT2D eigenvalue weighted by molar-refractivity contribution is 6.39. The SMILES string of the molecule is CN(C)c1cccc(NC(=O)C(=O)N2CCN(C(c3ccccc3)c3ccccc3)CC2)c1. The van der Waals surface area contributed by atoms with Gasteiger partial charge < -0.3 is 15.1 Å². The number of carbonyl (C=O) groups is 2. The Hall–Kier alpha value is -3.64. The summed E-state index contributed by atoms with van der Waals surface area (Å²) in [6, 6.07) is 28.4. The third-order valence-electron chi connectivity index (χ3n) is 6.01. The van der Waals surface area contributed by atoms with E-state index < -0.39 is 11.8 Å². The lowest BCUT2D eigenvalue weighted by Gasteiger charge is -2.39. The van der Waals surface area contributed by atoms with Gasteiger partial charge in [-0.3, -0.25) is 14.5 Å². The van der Waals surface area contributed by atoms with Gasteiger partial charge in [-0.2, -0.15) is 0 Å². The van der Waals surface area contributed by atoms with Crippen molar-refractivity contribution < 1.29 is 9.59 Å². The molecule has 4 rings (SSSR count). The first-order valence-corrected chi connectivity index (χ1v) is 11.2. The molecule has 0 atom stereocenters. The summed E-state index contributed by atoms with van der Waals surface area (Å²) in [5.74, 6) is -1.08. The molecule has 6 nitrogen and oxygen atoms in total. The molecule has 1 aliphatic heterocycles. The maximum atomic E-state index is 12.8. The van der Waals surface area contributed by atoms with Crippen LogP contribution in [0.1, 0.15) is 17.2 Å². The van der Waals surface area contributed by atoms with E-state index in [0.29, 0.717) is 31.9 Å². The van der Waals surface area contributed by atoms with Crippen LogP contribution in [0.25, 0.3) is 0 Å². The molecule has 0 spiro atoms. The fraction of sp³-hybridized carbons (Fsp3) is 0.259. The lowest BCUT2D eigenvalue weighted by Crippen LogP contribution is -2.52. The van der Waals surface area contributed by atoms with E-state index in [2.05, 4.69) is 58.7 Å². The Labute approximate surface area is 195 Å². The fourth-order valence-corrected chi connectivity index (χ4v) is 4.26. The van der Waals surface area contributed by atoms with E-state index in [-0.39, 0.29) is 6.04 Å². The molecule has 33 heavy (non-hydrogen) atoms. The largest absolute Gasteiger partial charge is 0.378 e. The molecule has 0 bridgehead atoms. The third-order valence-corrected chi connectivity index (χ3v) is 6.01. The first-order chi connectivity index (χ1) is 16.0. The van der Waals surface area contributed by atoms with Crippen molar-refractivity contribution in [2.24, 2.45) is 0 Å². The van der Waals surface area contributed by atoms with Gasteiger partial charge in [0.25, 0.3) is 0 Å². The third kappa shape index (κ3) is 5.41. The average molecular weight is 443 g/mol. The molecule has 170 valence electrons. The summed E-state index contributed by atoms with van der Waals surface area (Å²) in [6.45, 7) is 2.42. The molecule has 3 aromatic carbocycles. The highest BCUT2D eigenvalue weighted by Crippen LogP contribution is 2.29. The minimum Gasteiger partial charge on any atom is -0.378 e. The van der Waals surface area contributed by atoms with Crippen molar-refractivity contribution >= 4 is 23.2 Å². The van der Waals surface area contributed by atoms with Gasteiger partial charge in [-0.1, -0.05) is 66.7 Å². The van der Waals surface area contributed by atoms with E-state index in [1.165, 1.54) is 11.1 Å². The molecule has 0 saturated carbocycles. The number of nitrogens with one attached hydrogen (secondary N) is 1. The Bertz CT molecular complexity index is 1040.